The number of alkyl halides is 1. The van der Waals surface area contributed by atoms with E-state index in [1.54, 1.807) is 10.7 Å². The summed E-state index contributed by atoms with van der Waals surface area (Å²) in [6, 6.07) is 6.47. The Bertz CT molecular complexity index is 494. The van der Waals surface area contributed by atoms with Crippen LogP contribution in [0.15, 0.2) is 30.5 Å². The molecule has 0 fully saturated rings. The fourth-order valence-corrected chi connectivity index (χ4v) is 2.19. The predicted molar refractivity (Wildman–Crippen MR) is 65.5 cm³/mol. The zero-order valence-corrected chi connectivity index (χ0v) is 10.5. The molecule has 0 saturated carbocycles. The minimum absolute atomic E-state index is 0.240. The van der Waals surface area contributed by atoms with Crippen molar-refractivity contribution in [2.75, 3.05) is 0 Å². The van der Waals surface area contributed by atoms with Crippen LogP contribution in [0.2, 0.25) is 0 Å². The van der Waals surface area contributed by atoms with Crippen LogP contribution in [0.4, 0.5) is 4.39 Å². The first-order valence-electron chi connectivity index (χ1n) is 5.14. The third-order valence-corrected chi connectivity index (χ3v) is 3.09. The van der Waals surface area contributed by atoms with Crippen LogP contribution in [0.3, 0.4) is 0 Å². The first-order valence-corrected chi connectivity index (χ1v) is 6.26. The van der Waals surface area contributed by atoms with Gasteiger partial charge in [-0.15, -0.1) is 0 Å². The summed E-state index contributed by atoms with van der Waals surface area (Å²) >= 11 is 3.42. The molecule has 1 aromatic heterocycles. The molecular formula is C12H12BrFN2. The number of halogens is 2. The van der Waals surface area contributed by atoms with Crippen LogP contribution >= 0.6 is 15.9 Å². The van der Waals surface area contributed by atoms with Gasteiger partial charge in [0.1, 0.15) is 5.82 Å². The van der Waals surface area contributed by atoms with Gasteiger partial charge < -0.3 is 0 Å². The van der Waals surface area contributed by atoms with Gasteiger partial charge in [0.05, 0.1) is 11.9 Å². The van der Waals surface area contributed by atoms with E-state index < -0.39 is 0 Å². The maximum absolute atomic E-state index is 13.1. The van der Waals surface area contributed by atoms with Crippen LogP contribution < -0.4 is 0 Å². The number of rotatable bonds is 3. The van der Waals surface area contributed by atoms with E-state index in [-0.39, 0.29) is 5.82 Å². The average molecular weight is 283 g/mol. The third-order valence-electron chi connectivity index (χ3n) is 2.49. The molecule has 1 aromatic carbocycles. The number of benzene rings is 1. The van der Waals surface area contributed by atoms with Gasteiger partial charge in [-0.25, -0.2) is 9.07 Å². The Kier molecular flexibility index (Phi) is 3.39. The van der Waals surface area contributed by atoms with E-state index in [1.165, 1.54) is 12.1 Å². The zero-order valence-electron chi connectivity index (χ0n) is 8.95. The molecule has 1 heterocycles. The molecule has 0 saturated heterocycles. The van der Waals surface area contributed by atoms with E-state index in [0.29, 0.717) is 0 Å². The van der Waals surface area contributed by atoms with E-state index in [9.17, 15) is 4.39 Å². The number of aromatic nitrogens is 2. The normalized spacial score (nSPS) is 10.7. The highest BCUT2D eigenvalue weighted by molar-refractivity contribution is 9.08. The van der Waals surface area contributed by atoms with E-state index >= 15 is 0 Å². The van der Waals surface area contributed by atoms with Gasteiger partial charge in [-0.3, -0.25) is 0 Å². The molecule has 0 N–H and O–H groups in total. The van der Waals surface area contributed by atoms with Crippen molar-refractivity contribution in [3.63, 3.8) is 0 Å². The molecule has 0 aliphatic heterocycles. The van der Waals surface area contributed by atoms with Gasteiger partial charge in [-0.05, 0) is 24.6 Å². The van der Waals surface area contributed by atoms with Crippen LogP contribution in [-0.2, 0) is 11.8 Å². The third kappa shape index (κ3) is 2.02. The zero-order chi connectivity index (χ0) is 11.5. The van der Waals surface area contributed by atoms with E-state index in [4.69, 9.17) is 0 Å². The molecule has 0 amide bonds. The van der Waals surface area contributed by atoms with Gasteiger partial charge in [0.25, 0.3) is 0 Å². The standard InChI is InChI=1S/C12H12BrFN2/c1-2-12-9(7-13)8-15-16(12)11-5-3-4-10(14)6-11/h3-6,8H,2,7H2,1H3. The Morgan fingerprint density at radius 2 is 2.25 bits per heavy atom. The number of hydrogen-bond acceptors (Lipinski definition) is 1. The first kappa shape index (κ1) is 11.3. The first-order chi connectivity index (χ1) is 7.76. The molecule has 2 nitrogen and oxygen atoms in total. The number of nitrogens with zero attached hydrogens (tertiary/aromatic N) is 2. The second-order valence-electron chi connectivity index (χ2n) is 3.50. The van der Waals surface area contributed by atoms with Crippen molar-refractivity contribution in [2.24, 2.45) is 0 Å². The van der Waals surface area contributed by atoms with Gasteiger partial charge >= 0.3 is 0 Å². The Balaban J connectivity index is 2.51. The van der Waals surface area contributed by atoms with Crippen molar-refractivity contribution in [3.8, 4) is 5.69 Å². The minimum Gasteiger partial charge on any atom is -0.237 e. The second-order valence-corrected chi connectivity index (χ2v) is 4.06. The Hall–Kier alpha value is -1.16. The maximum Gasteiger partial charge on any atom is 0.125 e. The molecule has 84 valence electrons. The lowest BCUT2D eigenvalue weighted by Crippen LogP contribution is -2.02. The van der Waals surface area contributed by atoms with Gasteiger partial charge in [0, 0.05) is 16.6 Å². The average Bonchev–Trinajstić information content (AvgIpc) is 2.71. The fourth-order valence-electron chi connectivity index (χ4n) is 1.73. The molecule has 0 atom stereocenters. The summed E-state index contributed by atoms with van der Waals surface area (Å²) in [6.07, 6.45) is 2.69. The van der Waals surface area contributed by atoms with Crippen molar-refractivity contribution in [1.29, 1.82) is 0 Å². The number of hydrogen-bond donors (Lipinski definition) is 0. The summed E-state index contributed by atoms with van der Waals surface area (Å²) in [5.41, 5.74) is 3.03. The molecule has 0 unspecified atom stereocenters. The molecule has 4 heteroatoms. The molecule has 0 aliphatic carbocycles. The van der Waals surface area contributed by atoms with Gasteiger partial charge in [-0.1, -0.05) is 28.9 Å². The van der Waals surface area contributed by atoms with Crippen molar-refractivity contribution in [2.45, 2.75) is 18.7 Å². The second kappa shape index (κ2) is 4.78. The summed E-state index contributed by atoms with van der Waals surface area (Å²) in [5.74, 6) is -0.240. The Morgan fingerprint density at radius 1 is 1.44 bits per heavy atom. The molecular weight excluding hydrogens is 271 g/mol. The fraction of sp³-hybridized carbons (Fsp3) is 0.250. The van der Waals surface area contributed by atoms with Crippen LogP contribution in [-0.4, -0.2) is 9.78 Å². The SMILES string of the molecule is CCc1c(CBr)cnn1-c1cccc(F)c1. The van der Waals surface area contributed by atoms with E-state index in [0.717, 1.165) is 28.7 Å². The molecule has 2 aromatic rings. The highest BCUT2D eigenvalue weighted by atomic mass is 79.9. The molecule has 2 rings (SSSR count). The highest BCUT2D eigenvalue weighted by Gasteiger charge is 2.09. The largest absolute Gasteiger partial charge is 0.237 e. The highest BCUT2D eigenvalue weighted by Crippen LogP contribution is 2.18. The summed E-state index contributed by atoms with van der Waals surface area (Å²) < 4.78 is 14.9. The van der Waals surface area contributed by atoms with Crippen LogP contribution in [0, 0.1) is 5.82 Å². The van der Waals surface area contributed by atoms with E-state index in [1.807, 2.05) is 12.3 Å². The molecule has 0 spiro atoms. The molecule has 0 aliphatic rings. The molecule has 0 radical (unpaired) electrons. The predicted octanol–water partition coefficient (Wildman–Crippen LogP) is 3.47. The smallest absolute Gasteiger partial charge is 0.125 e. The van der Waals surface area contributed by atoms with Crippen molar-refractivity contribution in [1.82, 2.24) is 9.78 Å². The van der Waals surface area contributed by atoms with Crippen molar-refractivity contribution >= 4 is 15.9 Å². The molecule has 0 bridgehead atoms. The summed E-state index contributed by atoms with van der Waals surface area (Å²) in [4.78, 5) is 0. The lowest BCUT2D eigenvalue weighted by atomic mass is 10.2. The maximum atomic E-state index is 13.1. The topological polar surface area (TPSA) is 17.8 Å². The Labute approximate surface area is 102 Å². The summed E-state index contributed by atoms with van der Waals surface area (Å²) in [7, 11) is 0. The quantitative estimate of drug-likeness (QED) is 0.789. The van der Waals surface area contributed by atoms with Gasteiger partial charge in [-0.2, -0.15) is 5.10 Å². The van der Waals surface area contributed by atoms with Crippen molar-refractivity contribution in [3.05, 3.63) is 47.5 Å². The summed E-state index contributed by atoms with van der Waals surface area (Å²) in [5, 5.41) is 5.06. The van der Waals surface area contributed by atoms with Gasteiger partial charge in [0.15, 0.2) is 0 Å². The molecule has 16 heavy (non-hydrogen) atoms. The Morgan fingerprint density at radius 3 is 2.88 bits per heavy atom. The lowest BCUT2D eigenvalue weighted by Gasteiger charge is -2.06. The monoisotopic (exact) mass is 282 g/mol. The van der Waals surface area contributed by atoms with Gasteiger partial charge in [0.2, 0.25) is 0 Å². The van der Waals surface area contributed by atoms with Crippen molar-refractivity contribution < 1.29 is 4.39 Å². The van der Waals surface area contributed by atoms with Crippen LogP contribution in [0.1, 0.15) is 18.2 Å². The minimum atomic E-state index is -0.240. The van der Waals surface area contributed by atoms with E-state index in [2.05, 4.69) is 28.0 Å². The van der Waals surface area contributed by atoms with Crippen LogP contribution in [0.25, 0.3) is 5.69 Å². The van der Waals surface area contributed by atoms with Crippen LogP contribution in [0.5, 0.6) is 0 Å². The summed E-state index contributed by atoms with van der Waals surface area (Å²) in [6.45, 7) is 2.07. The lowest BCUT2D eigenvalue weighted by molar-refractivity contribution is 0.624.